The van der Waals surface area contributed by atoms with Gasteiger partial charge in [-0.2, -0.15) is 8.42 Å². The highest BCUT2D eigenvalue weighted by Crippen LogP contribution is 2.34. The number of alkyl carbamates (subject to hydrolysis) is 1. The van der Waals surface area contributed by atoms with Crippen LogP contribution in [0.15, 0.2) is 84.9 Å². The van der Waals surface area contributed by atoms with Crippen molar-refractivity contribution in [2.75, 3.05) is 11.8 Å². The zero-order valence-corrected chi connectivity index (χ0v) is 24.0. The normalized spacial score (nSPS) is 12.7. The van der Waals surface area contributed by atoms with E-state index >= 15 is 0 Å². The Morgan fingerprint density at radius 2 is 1.51 bits per heavy atom. The molecule has 1 heterocycles. The van der Waals surface area contributed by atoms with Crippen molar-refractivity contribution in [1.29, 1.82) is 0 Å². The zero-order chi connectivity index (χ0) is 29.4. The maximum atomic E-state index is 13.6. The summed E-state index contributed by atoms with van der Waals surface area (Å²) < 4.78 is 38.2. The van der Waals surface area contributed by atoms with Crippen molar-refractivity contribution < 1.29 is 27.3 Å². The summed E-state index contributed by atoms with van der Waals surface area (Å²) in [4.78, 5) is 31.5. The molecule has 2 amide bonds. The van der Waals surface area contributed by atoms with Crippen molar-refractivity contribution in [3.8, 4) is 10.4 Å². The number of ether oxygens (including phenoxy) is 1. The Balaban J connectivity index is 1.64. The number of thiazole rings is 1. The third-order valence-electron chi connectivity index (χ3n) is 6.18. The van der Waals surface area contributed by atoms with Crippen molar-refractivity contribution in [1.82, 2.24) is 15.6 Å². The largest absolute Gasteiger partial charge is 0.453 e. The number of amides is 2. The Bertz CT molecular complexity index is 1580. The Morgan fingerprint density at radius 1 is 0.902 bits per heavy atom. The molecule has 0 bridgehead atoms. The SMILES string of the molecule is COC(=O)N[C@@H](Cc1ccccc1)C(=O)N[C@@H](Cc1ccc(NS(=O)(=O)O)cc1)c1nc(C)c(-c2ccccc2)s1. The summed E-state index contributed by atoms with van der Waals surface area (Å²) in [6, 6.07) is 24.1. The first-order valence-electron chi connectivity index (χ1n) is 12.7. The number of hydrogen-bond donors (Lipinski definition) is 4. The van der Waals surface area contributed by atoms with E-state index in [1.807, 2.05) is 72.3 Å². The molecule has 41 heavy (non-hydrogen) atoms. The van der Waals surface area contributed by atoms with Crippen LogP contribution in [0.1, 0.15) is 27.9 Å². The van der Waals surface area contributed by atoms with E-state index in [0.29, 0.717) is 11.4 Å². The number of benzene rings is 3. The van der Waals surface area contributed by atoms with E-state index in [4.69, 9.17) is 14.3 Å². The fraction of sp³-hybridized carbons (Fsp3) is 0.207. The van der Waals surface area contributed by atoms with Gasteiger partial charge in [-0.3, -0.25) is 14.1 Å². The molecule has 2 atom stereocenters. The molecule has 0 saturated carbocycles. The molecular weight excluding hydrogens is 564 g/mol. The van der Waals surface area contributed by atoms with Gasteiger partial charge in [-0.1, -0.05) is 72.8 Å². The summed E-state index contributed by atoms with van der Waals surface area (Å²) in [5.74, 6) is -0.414. The van der Waals surface area contributed by atoms with E-state index in [0.717, 1.165) is 27.3 Å². The molecule has 0 saturated heterocycles. The van der Waals surface area contributed by atoms with Crippen LogP contribution in [0.3, 0.4) is 0 Å². The maximum absolute atomic E-state index is 13.6. The van der Waals surface area contributed by atoms with E-state index in [9.17, 15) is 18.0 Å². The minimum absolute atomic E-state index is 0.193. The summed E-state index contributed by atoms with van der Waals surface area (Å²) >= 11 is 1.46. The zero-order valence-electron chi connectivity index (χ0n) is 22.4. The molecule has 0 aliphatic rings. The summed E-state index contributed by atoms with van der Waals surface area (Å²) in [7, 11) is -3.17. The molecule has 0 radical (unpaired) electrons. The number of anilines is 1. The highest BCUT2D eigenvalue weighted by Gasteiger charge is 2.27. The van der Waals surface area contributed by atoms with Crippen LogP contribution in [0.25, 0.3) is 10.4 Å². The number of aromatic nitrogens is 1. The van der Waals surface area contributed by atoms with Gasteiger partial charge in [-0.05, 0) is 42.2 Å². The lowest BCUT2D eigenvalue weighted by molar-refractivity contribution is -0.123. The molecule has 0 spiro atoms. The summed E-state index contributed by atoms with van der Waals surface area (Å²) in [6.45, 7) is 1.91. The lowest BCUT2D eigenvalue weighted by Gasteiger charge is -2.22. The predicted octanol–water partition coefficient (Wildman–Crippen LogP) is 4.70. The van der Waals surface area contributed by atoms with Crippen LogP contribution in [0, 0.1) is 6.92 Å². The van der Waals surface area contributed by atoms with Crippen molar-refractivity contribution in [3.05, 3.63) is 107 Å². The van der Waals surface area contributed by atoms with Gasteiger partial charge in [-0.25, -0.2) is 9.78 Å². The van der Waals surface area contributed by atoms with Crippen LogP contribution in [0.4, 0.5) is 10.5 Å². The molecular formula is C29H30N4O6S2. The van der Waals surface area contributed by atoms with Gasteiger partial charge < -0.3 is 15.4 Å². The third-order valence-corrected chi connectivity index (χ3v) is 7.99. The summed E-state index contributed by atoms with van der Waals surface area (Å²) in [5.41, 5.74) is 3.66. The molecule has 0 fully saturated rings. The second-order valence-electron chi connectivity index (χ2n) is 9.25. The summed E-state index contributed by atoms with van der Waals surface area (Å²) in [5, 5.41) is 6.36. The topological polar surface area (TPSA) is 147 Å². The van der Waals surface area contributed by atoms with Gasteiger partial charge in [0.25, 0.3) is 0 Å². The van der Waals surface area contributed by atoms with Gasteiger partial charge in [0.15, 0.2) is 0 Å². The molecule has 4 N–H and O–H groups in total. The van der Waals surface area contributed by atoms with Gasteiger partial charge >= 0.3 is 16.4 Å². The Labute approximate surface area is 242 Å². The van der Waals surface area contributed by atoms with Gasteiger partial charge in [0, 0.05) is 6.42 Å². The molecule has 214 valence electrons. The number of aryl methyl sites for hydroxylation is 1. The standard InChI is InChI=1S/C29H30N4O6S2/c1-19-26(22-11-7-4-8-12-22)40-28(30-19)25(18-21-13-15-23(16-14-21)33-41(36,37)38)31-27(34)24(32-29(35)39-2)17-20-9-5-3-6-10-20/h3-16,24-25,33H,17-18H2,1-2H3,(H,31,34)(H,32,35)(H,36,37,38)/t24-,25-/m0/s1. The summed E-state index contributed by atoms with van der Waals surface area (Å²) in [6.07, 6.45) is -0.151. The fourth-order valence-corrected chi connectivity index (χ4v) is 5.81. The monoisotopic (exact) mass is 594 g/mol. The van der Waals surface area contributed by atoms with E-state index < -0.39 is 34.4 Å². The van der Waals surface area contributed by atoms with E-state index in [2.05, 4.69) is 10.6 Å². The van der Waals surface area contributed by atoms with E-state index in [1.54, 1.807) is 12.1 Å². The quantitative estimate of drug-likeness (QED) is 0.184. The number of carbonyl (C=O) groups is 2. The van der Waals surface area contributed by atoms with Gasteiger partial charge in [0.05, 0.1) is 29.4 Å². The Hall–Kier alpha value is -4.26. The number of nitrogens with zero attached hydrogens (tertiary/aromatic N) is 1. The second kappa shape index (κ2) is 13.4. The number of rotatable bonds is 11. The molecule has 12 heteroatoms. The van der Waals surface area contributed by atoms with Gasteiger partial charge in [0.2, 0.25) is 5.91 Å². The molecule has 4 aromatic rings. The predicted molar refractivity (Wildman–Crippen MR) is 158 cm³/mol. The maximum Gasteiger partial charge on any atom is 0.407 e. The van der Waals surface area contributed by atoms with Crippen molar-refractivity contribution in [3.63, 3.8) is 0 Å². The molecule has 10 nitrogen and oxygen atoms in total. The highest BCUT2D eigenvalue weighted by molar-refractivity contribution is 7.87. The molecule has 3 aromatic carbocycles. The molecule has 4 rings (SSSR count). The van der Waals surface area contributed by atoms with Crippen molar-refractivity contribution >= 4 is 39.3 Å². The minimum Gasteiger partial charge on any atom is -0.453 e. The van der Waals surface area contributed by atoms with Crippen LogP contribution >= 0.6 is 11.3 Å². The second-order valence-corrected chi connectivity index (χ2v) is 11.4. The van der Waals surface area contributed by atoms with Crippen LogP contribution in [0.2, 0.25) is 0 Å². The van der Waals surface area contributed by atoms with E-state index in [-0.39, 0.29) is 12.1 Å². The van der Waals surface area contributed by atoms with Crippen LogP contribution in [-0.2, 0) is 32.7 Å². The van der Waals surface area contributed by atoms with Crippen LogP contribution < -0.4 is 15.4 Å². The molecule has 0 aliphatic carbocycles. The first-order chi connectivity index (χ1) is 19.6. The minimum atomic E-state index is -4.41. The van der Waals surface area contributed by atoms with Gasteiger partial charge in [-0.15, -0.1) is 11.3 Å². The number of carbonyl (C=O) groups excluding carboxylic acids is 2. The van der Waals surface area contributed by atoms with E-state index in [1.165, 1.54) is 30.6 Å². The van der Waals surface area contributed by atoms with Crippen LogP contribution in [0.5, 0.6) is 0 Å². The first-order valence-corrected chi connectivity index (χ1v) is 14.9. The smallest absolute Gasteiger partial charge is 0.407 e. The lowest BCUT2D eigenvalue weighted by Crippen LogP contribution is -2.49. The third kappa shape index (κ3) is 8.61. The molecule has 0 aliphatic heterocycles. The number of nitrogens with one attached hydrogen (secondary N) is 3. The fourth-order valence-electron chi connectivity index (χ4n) is 4.25. The molecule has 1 aromatic heterocycles. The van der Waals surface area contributed by atoms with Crippen molar-refractivity contribution in [2.45, 2.75) is 31.8 Å². The Kier molecular flexibility index (Phi) is 9.71. The number of methoxy groups -OCH3 is 1. The van der Waals surface area contributed by atoms with Crippen molar-refractivity contribution in [2.24, 2.45) is 0 Å². The number of hydrogen-bond acceptors (Lipinski definition) is 7. The van der Waals surface area contributed by atoms with Crippen LogP contribution in [-0.4, -0.2) is 43.1 Å². The molecule has 0 unspecified atom stereocenters. The van der Waals surface area contributed by atoms with Gasteiger partial charge in [0.1, 0.15) is 11.0 Å². The lowest BCUT2D eigenvalue weighted by atomic mass is 10.0. The average Bonchev–Trinajstić information content (AvgIpc) is 3.35. The Morgan fingerprint density at radius 3 is 2.12 bits per heavy atom. The highest BCUT2D eigenvalue weighted by atomic mass is 32.2. The average molecular weight is 595 g/mol. The first kappa shape index (κ1) is 29.7.